The maximum absolute atomic E-state index is 12.4. The van der Waals surface area contributed by atoms with E-state index in [2.05, 4.69) is 25.1 Å². The van der Waals surface area contributed by atoms with E-state index in [1.807, 2.05) is 13.8 Å². The van der Waals surface area contributed by atoms with Crippen molar-refractivity contribution in [2.45, 2.75) is 37.6 Å². The Labute approximate surface area is 139 Å². The number of anilines is 1. The molecule has 11 heteroatoms. The Balaban J connectivity index is 1.76. The summed E-state index contributed by atoms with van der Waals surface area (Å²) in [5.74, 6) is -0.310. The van der Waals surface area contributed by atoms with Gasteiger partial charge in [-0.1, -0.05) is 5.10 Å². The van der Waals surface area contributed by atoms with Gasteiger partial charge in [0.25, 0.3) is 21.9 Å². The normalized spacial score (nSPS) is 15.2. The number of nitrogens with one attached hydrogen (secondary N) is 2. The van der Waals surface area contributed by atoms with Crippen molar-refractivity contribution in [1.82, 2.24) is 30.1 Å². The Morgan fingerprint density at radius 3 is 2.67 bits per heavy atom. The highest BCUT2D eigenvalue weighted by atomic mass is 32.2. The van der Waals surface area contributed by atoms with Gasteiger partial charge in [-0.05, 0) is 38.0 Å². The first-order valence-electron chi connectivity index (χ1n) is 7.67. The van der Waals surface area contributed by atoms with E-state index in [-0.39, 0.29) is 28.5 Å². The van der Waals surface area contributed by atoms with Crippen molar-refractivity contribution < 1.29 is 13.2 Å². The van der Waals surface area contributed by atoms with Crippen LogP contribution >= 0.6 is 0 Å². The summed E-state index contributed by atoms with van der Waals surface area (Å²) in [6.45, 7) is 5.09. The van der Waals surface area contributed by atoms with Crippen LogP contribution in [0.2, 0.25) is 0 Å². The zero-order valence-electron chi connectivity index (χ0n) is 13.4. The third-order valence-corrected chi connectivity index (χ3v) is 5.01. The molecule has 0 atom stereocenters. The second-order valence-electron chi connectivity index (χ2n) is 5.88. The number of aromatic amines is 1. The average Bonchev–Trinajstić information content (AvgIpc) is 3.27. The van der Waals surface area contributed by atoms with E-state index < -0.39 is 10.0 Å². The third kappa shape index (κ3) is 3.25. The van der Waals surface area contributed by atoms with E-state index in [0.29, 0.717) is 13.1 Å². The van der Waals surface area contributed by atoms with Gasteiger partial charge in [0.05, 0.1) is 6.04 Å². The summed E-state index contributed by atoms with van der Waals surface area (Å²) in [6.07, 6.45) is 3.21. The molecule has 0 aromatic carbocycles. The van der Waals surface area contributed by atoms with Gasteiger partial charge in [0, 0.05) is 19.3 Å². The van der Waals surface area contributed by atoms with Crippen molar-refractivity contribution in [3.8, 4) is 0 Å². The number of likely N-dealkylation sites (tertiary alicyclic amines) is 1. The second kappa shape index (κ2) is 6.23. The van der Waals surface area contributed by atoms with Crippen molar-refractivity contribution >= 4 is 21.9 Å². The van der Waals surface area contributed by atoms with Gasteiger partial charge >= 0.3 is 0 Å². The molecule has 3 heterocycles. The number of carbonyl (C=O) groups excluding carboxylic acids is 1. The van der Waals surface area contributed by atoms with E-state index >= 15 is 0 Å². The minimum Gasteiger partial charge on any atom is -0.356 e. The van der Waals surface area contributed by atoms with Crippen LogP contribution in [0.5, 0.6) is 0 Å². The molecule has 3 rings (SSSR count). The van der Waals surface area contributed by atoms with Crippen molar-refractivity contribution in [2.24, 2.45) is 0 Å². The van der Waals surface area contributed by atoms with Crippen LogP contribution in [0.15, 0.2) is 17.2 Å². The molecule has 1 fully saturated rings. The lowest BCUT2D eigenvalue weighted by Gasteiger charge is -2.13. The fourth-order valence-electron chi connectivity index (χ4n) is 2.41. The van der Waals surface area contributed by atoms with Gasteiger partial charge in [0.15, 0.2) is 0 Å². The molecular weight excluding hydrogens is 334 g/mol. The molecule has 0 unspecified atom stereocenters. The topological polar surface area (TPSA) is 126 Å². The number of amides is 1. The van der Waals surface area contributed by atoms with Gasteiger partial charge in [-0.15, -0.1) is 5.10 Å². The average molecular weight is 353 g/mol. The molecule has 0 bridgehead atoms. The number of hydrogen-bond acceptors (Lipinski definition) is 6. The number of carbonyl (C=O) groups is 1. The highest BCUT2D eigenvalue weighted by Gasteiger charge is 2.24. The fourth-order valence-corrected chi connectivity index (χ4v) is 3.33. The molecule has 2 aromatic heterocycles. The van der Waals surface area contributed by atoms with E-state index in [1.54, 1.807) is 4.90 Å². The summed E-state index contributed by atoms with van der Waals surface area (Å²) in [7, 11) is -3.89. The number of nitrogens with zero attached hydrogens (tertiary/aromatic N) is 5. The van der Waals surface area contributed by atoms with Gasteiger partial charge in [-0.2, -0.15) is 4.80 Å². The molecule has 1 aliphatic rings. The Bertz CT molecular complexity index is 833. The first-order chi connectivity index (χ1) is 11.4. The minimum atomic E-state index is -3.89. The standard InChI is InChI=1S/C13H19N7O3S/c1-9(2)20-16-13(15-18-20)17-24(22,23)10-7-11(14-8-10)12(21)19-5-3-4-6-19/h7-9,14H,3-6H2,1-2H3,(H,16,17). The molecule has 0 radical (unpaired) electrons. The van der Waals surface area contributed by atoms with Crippen LogP contribution in [0.3, 0.4) is 0 Å². The van der Waals surface area contributed by atoms with Crippen LogP contribution in [-0.2, 0) is 10.0 Å². The Hall–Kier alpha value is -2.43. The summed E-state index contributed by atoms with van der Waals surface area (Å²) < 4.78 is 27.0. The molecular formula is C13H19N7O3S. The van der Waals surface area contributed by atoms with Crippen LogP contribution in [0.25, 0.3) is 0 Å². The van der Waals surface area contributed by atoms with Gasteiger partial charge in [0.1, 0.15) is 10.6 Å². The zero-order valence-corrected chi connectivity index (χ0v) is 14.2. The van der Waals surface area contributed by atoms with Crippen LogP contribution in [0, 0.1) is 0 Å². The van der Waals surface area contributed by atoms with Crippen LogP contribution < -0.4 is 4.72 Å². The first-order valence-corrected chi connectivity index (χ1v) is 9.15. The Morgan fingerprint density at radius 1 is 1.33 bits per heavy atom. The van der Waals surface area contributed by atoms with Gasteiger partial charge < -0.3 is 9.88 Å². The highest BCUT2D eigenvalue weighted by molar-refractivity contribution is 7.92. The molecule has 1 saturated heterocycles. The number of hydrogen-bond donors (Lipinski definition) is 2. The van der Waals surface area contributed by atoms with Crippen LogP contribution in [0.1, 0.15) is 43.2 Å². The monoisotopic (exact) mass is 353 g/mol. The summed E-state index contributed by atoms with van der Waals surface area (Å²) in [5, 5.41) is 11.4. The van der Waals surface area contributed by atoms with Gasteiger partial charge in [-0.3, -0.25) is 4.79 Å². The molecule has 1 aliphatic heterocycles. The van der Waals surface area contributed by atoms with Gasteiger partial charge in [0.2, 0.25) is 0 Å². The maximum Gasteiger partial charge on any atom is 0.277 e. The zero-order chi connectivity index (χ0) is 17.3. The first kappa shape index (κ1) is 16.4. The second-order valence-corrected chi connectivity index (χ2v) is 7.56. The smallest absolute Gasteiger partial charge is 0.277 e. The van der Waals surface area contributed by atoms with Crippen molar-refractivity contribution in [3.63, 3.8) is 0 Å². The predicted octanol–water partition coefficient (Wildman–Crippen LogP) is 0.619. The molecule has 0 aliphatic carbocycles. The van der Waals surface area contributed by atoms with Crippen molar-refractivity contribution in [2.75, 3.05) is 17.8 Å². The summed E-state index contributed by atoms with van der Waals surface area (Å²) in [5.41, 5.74) is 0.246. The lowest BCUT2D eigenvalue weighted by atomic mass is 10.4. The molecule has 24 heavy (non-hydrogen) atoms. The largest absolute Gasteiger partial charge is 0.356 e. The molecule has 1 amide bonds. The summed E-state index contributed by atoms with van der Waals surface area (Å²) >= 11 is 0. The molecule has 130 valence electrons. The maximum atomic E-state index is 12.4. The van der Waals surface area contributed by atoms with Crippen LogP contribution in [0.4, 0.5) is 5.95 Å². The lowest BCUT2D eigenvalue weighted by Crippen LogP contribution is -2.27. The van der Waals surface area contributed by atoms with Crippen molar-refractivity contribution in [1.29, 1.82) is 0 Å². The molecule has 2 aromatic rings. The van der Waals surface area contributed by atoms with Gasteiger partial charge in [-0.25, -0.2) is 13.1 Å². The fraction of sp³-hybridized carbons (Fsp3) is 0.538. The van der Waals surface area contributed by atoms with Crippen molar-refractivity contribution in [3.05, 3.63) is 18.0 Å². The number of tetrazole rings is 1. The number of rotatable bonds is 5. The predicted molar refractivity (Wildman–Crippen MR) is 84.9 cm³/mol. The van der Waals surface area contributed by atoms with E-state index in [1.165, 1.54) is 17.1 Å². The summed E-state index contributed by atoms with van der Waals surface area (Å²) in [4.78, 5) is 17.9. The van der Waals surface area contributed by atoms with E-state index in [4.69, 9.17) is 0 Å². The summed E-state index contributed by atoms with van der Waals surface area (Å²) in [6, 6.07) is 1.28. The number of H-pyrrole nitrogens is 1. The number of sulfonamides is 1. The molecule has 0 spiro atoms. The SMILES string of the molecule is CC(C)n1nnc(NS(=O)(=O)c2c[nH]c(C(=O)N3CCCC3)c2)n1. The highest BCUT2D eigenvalue weighted by Crippen LogP contribution is 2.17. The molecule has 0 saturated carbocycles. The Kier molecular flexibility index (Phi) is 4.26. The van der Waals surface area contributed by atoms with Crippen LogP contribution in [-0.4, -0.2) is 57.5 Å². The third-order valence-electron chi connectivity index (χ3n) is 3.71. The molecule has 10 nitrogen and oxygen atoms in total. The quantitative estimate of drug-likeness (QED) is 0.811. The Morgan fingerprint density at radius 2 is 2.04 bits per heavy atom. The lowest BCUT2D eigenvalue weighted by molar-refractivity contribution is 0.0787. The van der Waals surface area contributed by atoms with E-state index in [9.17, 15) is 13.2 Å². The minimum absolute atomic E-state index is 0.0345. The number of aromatic nitrogens is 5. The molecule has 2 N–H and O–H groups in total. The van der Waals surface area contributed by atoms with E-state index in [0.717, 1.165) is 12.8 Å².